The van der Waals surface area contributed by atoms with E-state index in [0.29, 0.717) is 25.1 Å². The summed E-state index contributed by atoms with van der Waals surface area (Å²) in [5.41, 5.74) is 8.28. The third-order valence-electron chi connectivity index (χ3n) is 6.04. The van der Waals surface area contributed by atoms with Crippen LogP contribution in [0.2, 0.25) is 0 Å². The molecule has 3 aromatic rings. The fourth-order valence-electron chi connectivity index (χ4n) is 4.08. The highest BCUT2D eigenvalue weighted by Gasteiger charge is 2.37. The number of nitrogen functional groups attached to an aromatic ring is 1. The zero-order valence-corrected chi connectivity index (χ0v) is 18.6. The van der Waals surface area contributed by atoms with Gasteiger partial charge in [-0.2, -0.15) is 5.10 Å². The summed E-state index contributed by atoms with van der Waals surface area (Å²) in [4.78, 5) is 32.2. The first-order valence-corrected chi connectivity index (χ1v) is 10.7. The van der Waals surface area contributed by atoms with Crippen LogP contribution in [0.25, 0.3) is 11.1 Å². The number of hydrogen-bond acceptors (Lipinski definition) is 5. The van der Waals surface area contributed by atoms with Gasteiger partial charge in [-0.1, -0.05) is 30.3 Å². The first kappa shape index (κ1) is 21.5. The van der Waals surface area contributed by atoms with Crippen LogP contribution in [0.15, 0.2) is 55.0 Å². The number of rotatable bonds is 5. The molecule has 1 saturated heterocycles. The Hall–Kier alpha value is -3.68. The van der Waals surface area contributed by atoms with E-state index in [1.54, 1.807) is 23.1 Å². The van der Waals surface area contributed by atoms with E-state index in [0.717, 1.165) is 16.7 Å². The van der Waals surface area contributed by atoms with Crippen LogP contribution in [-0.2, 0) is 17.3 Å². The molecule has 166 valence electrons. The molecule has 0 bridgehead atoms. The summed E-state index contributed by atoms with van der Waals surface area (Å²) < 4.78 is 1.69. The van der Waals surface area contributed by atoms with Crippen LogP contribution in [0.1, 0.15) is 36.2 Å². The molecule has 1 aliphatic heterocycles. The predicted molar refractivity (Wildman–Crippen MR) is 123 cm³/mol. The molecule has 0 unspecified atom stereocenters. The molecule has 2 amide bonds. The van der Waals surface area contributed by atoms with Gasteiger partial charge in [0, 0.05) is 49.7 Å². The molecule has 1 aromatic carbocycles. The van der Waals surface area contributed by atoms with E-state index in [2.05, 4.69) is 15.4 Å². The van der Waals surface area contributed by atoms with Gasteiger partial charge in [0.25, 0.3) is 5.91 Å². The number of carbonyl (C=O) groups excluding carboxylic acids is 2. The number of amides is 2. The minimum atomic E-state index is -0.632. The lowest BCUT2D eigenvalue weighted by molar-refractivity contribution is -0.135. The third-order valence-corrected chi connectivity index (χ3v) is 6.04. The summed E-state index contributed by atoms with van der Waals surface area (Å²) >= 11 is 0. The van der Waals surface area contributed by atoms with Crippen LogP contribution in [0.4, 0.5) is 5.82 Å². The summed E-state index contributed by atoms with van der Waals surface area (Å²) in [6.45, 7) is 4.94. The van der Waals surface area contributed by atoms with Gasteiger partial charge in [-0.05, 0) is 31.9 Å². The van der Waals surface area contributed by atoms with Gasteiger partial charge < -0.3 is 16.0 Å². The van der Waals surface area contributed by atoms with Gasteiger partial charge in [0.15, 0.2) is 0 Å². The minimum absolute atomic E-state index is 0.0557. The van der Waals surface area contributed by atoms with E-state index in [9.17, 15) is 9.59 Å². The van der Waals surface area contributed by atoms with Gasteiger partial charge >= 0.3 is 0 Å². The number of aryl methyl sites for hydroxylation is 1. The highest BCUT2D eigenvalue weighted by molar-refractivity contribution is 5.99. The fraction of sp³-hybridized carbons (Fsp3) is 0.333. The third kappa shape index (κ3) is 4.21. The van der Waals surface area contributed by atoms with Crippen molar-refractivity contribution in [2.45, 2.75) is 31.7 Å². The zero-order chi connectivity index (χ0) is 22.9. The summed E-state index contributed by atoms with van der Waals surface area (Å²) in [5.74, 6) is -0.0613. The van der Waals surface area contributed by atoms with Crippen molar-refractivity contribution in [2.24, 2.45) is 7.05 Å². The Morgan fingerprint density at radius 2 is 1.91 bits per heavy atom. The average molecular weight is 433 g/mol. The second-order valence-electron chi connectivity index (χ2n) is 8.76. The highest BCUT2D eigenvalue weighted by atomic mass is 16.2. The lowest BCUT2D eigenvalue weighted by atomic mass is 9.83. The number of nitrogens with one attached hydrogen (secondary N) is 1. The van der Waals surface area contributed by atoms with Gasteiger partial charge in [0.05, 0.1) is 17.2 Å². The Morgan fingerprint density at radius 3 is 2.59 bits per heavy atom. The van der Waals surface area contributed by atoms with E-state index in [1.165, 1.54) is 0 Å². The lowest BCUT2D eigenvalue weighted by Gasteiger charge is -2.29. The number of aromatic nitrogens is 3. The van der Waals surface area contributed by atoms with Gasteiger partial charge in [-0.15, -0.1) is 0 Å². The van der Waals surface area contributed by atoms with Crippen LogP contribution < -0.4 is 11.1 Å². The minimum Gasteiger partial charge on any atom is -0.383 e. The first-order chi connectivity index (χ1) is 15.3. The maximum atomic E-state index is 13.2. The second-order valence-corrected chi connectivity index (χ2v) is 8.76. The van der Waals surface area contributed by atoms with E-state index in [1.807, 2.05) is 62.3 Å². The van der Waals surface area contributed by atoms with E-state index in [4.69, 9.17) is 5.73 Å². The highest BCUT2D eigenvalue weighted by Crippen LogP contribution is 2.28. The molecule has 2 aromatic heterocycles. The van der Waals surface area contributed by atoms with Crippen molar-refractivity contribution in [3.05, 3.63) is 66.1 Å². The number of benzene rings is 1. The topological polar surface area (TPSA) is 106 Å². The van der Waals surface area contributed by atoms with E-state index < -0.39 is 5.41 Å². The number of carbonyl (C=O) groups is 2. The van der Waals surface area contributed by atoms with E-state index >= 15 is 0 Å². The SMILES string of the molecule is Cn1cc(-c2cnc(N)c(C(=O)N[C@@H]3CCN(C(=O)C(C)(C)c4ccccc4)C3)c2)cn1. The molecule has 32 heavy (non-hydrogen) atoms. The molecule has 4 rings (SSSR count). The monoisotopic (exact) mass is 432 g/mol. The lowest BCUT2D eigenvalue weighted by Crippen LogP contribution is -2.44. The normalized spacial score (nSPS) is 16.2. The van der Waals surface area contributed by atoms with Crippen molar-refractivity contribution in [1.29, 1.82) is 0 Å². The second kappa shape index (κ2) is 8.45. The maximum absolute atomic E-state index is 13.2. The molecular formula is C24H28N6O2. The summed E-state index contributed by atoms with van der Waals surface area (Å²) in [7, 11) is 1.83. The van der Waals surface area contributed by atoms with Crippen molar-refractivity contribution in [3.63, 3.8) is 0 Å². The van der Waals surface area contributed by atoms with Crippen LogP contribution >= 0.6 is 0 Å². The molecule has 1 atom stereocenters. The Morgan fingerprint density at radius 1 is 1.16 bits per heavy atom. The Bertz CT molecular complexity index is 1140. The van der Waals surface area contributed by atoms with E-state index in [-0.39, 0.29) is 23.7 Å². The van der Waals surface area contributed by atoms with Gasteiger partial charge in [-0.25, -0.2) is 4.98 Å². The maximum Gasteiger partial charge on any atom is 0.255 e. The number of hydrogen-bond donors (Lipinski definition) is 2. The molecule has 1 fully saturated rings. The Labute approximate surface area is 187 Å². The van der Waals surface area contributed by atoms with Crippen molar-refractivity contribution < 1.29 is 9.59 Å². The van der Waals surface area contributed by atoms with Crippen LogP contribution in [-0.4, -0.2) is 50.6 Å². The number of pyridine rings is 1. The zero-order valence-electron chi connectivity index (χ0n) is 18.6. The van der Waals surface area contributed by atoms with Gasteiger partial charge in [0.2, 0.25) is 5.91 Å². The Kier molecular flexibility index (Phi) is 5.69. The average Bonchev–Trinajstić information content (AvgIpc) is 3.43. The smallest absolute Gasteiger partial charge is 0.255 e. The van der Waals surface area contributed by atoms with Crippen LogP contribution in [0.5, 0.6) is 0 Å². The quantitative estimate of drug-likeness (QED) is 0.644. The molecule has 0 radical (unpaired) electrons. The largest absolute Gasteiger partial charge is 0.383 e. The molecule has 8 heteroatoms. The van der Waals surface area contributed by atoms with Crippen molar-refractivity contribution in [3.8, 4) is 11.1 Å². The van der Waals surface area contributed by atoms with Crippen molar-refractivity contribution in [1.82, 2.24) is 25.0 Å². The Balaban J connectivity index is 1.44. The fourth-order valence-corrected chi connectivity index (χ4v) is 4.08. The molecule has 0 aliphatic carbocycles. The van der Waals surface area contributed by atoms with Crippen LogP contribution in [0.3, 0.4) is 0 Å². The molecule has 0 saturated carbocycles. The predicted octanol–water partition coefficient (Wildman–Crippen LogP) is 2.37. The molecule has 3 N–H and O–H groups in total. The number of nitrogens with zero attached hydrogens (tertiary/aromatic N) is 4. The number of likely N-dealkylation sites (tertiary alicyclic amines) is 1. The molecule has 8 nitrogen and oxygen atoms in total. The van der Waals surface area contributed by atoms with Gasteiger partial charge in [-0.3, -0.25) is 14.3 Å². The number of nitrogens with two attached hydrogens (primary N) is 1. The number of anilines is 1. The standard InChI is InChI=1S/C24H28N6O2/c1-24(2,18-7-5-4-6-8-18)23(32)30-10-9-19(15-30)28-22(31)20-11-16(12-26-21(20)25)17-13-27-29(3)14-17/h4-8,11-14,19H,9-10,15H2,1-3H3,(H2,25,26)(H,28,31)/t19-/m1/s1. The molecule has 1 aliphatic rings. The van der Waals surface area contributed by atoms with Crippen molar-refractivity contribution >= 4 is 17.6 Å². The summed E-state index contributed by atoms with van der Waals surface area (Å²) in [6, 6.07) is 11.3. The molecule has 3 heterocycles. The first-order valence-electron chi connectivity index (χ1n) is 10.7. The van der Waals surface area contributed by atoms with Crippen LogP contribution in [0, 0.1) is 0 Å². The summed E-state index contributed by atoms with van der Waals surface area (Å²) in [5, 5.41) is 7.18. The molecular weight excluding hydrogens is 404 g/mol. The summed E-state index contributed by atoms with van der Waals surface area (Å²) in [6.07, 6.45) is 5.89. The van der Waals surface area contributed by atoms with Gasteiger partial charge in [0.1, 0.15) is 5.82 Å². The van der Waals surface area contributed by atoms with Crippen molar-refractivity contribution in [2.75, 3.05) is 18.8 Å². The molecule has 0 spiro atoms.